The number of hydrogen-bond acceptors (Lipinski definition) is 4. The van der Waals surface area contributed by atoms with Gasteiger partial charge in [-0.1, -0.05) is 39.0 Å². The maximum absolute atomic E-state index is 9.22. The van der Waals surface area contributed by atoms with Gasteiger partial charge >= 0.3 is 0 Å². The lowest BCUT2D eigenvalue weighted by molar-refractivity contribution is -0.677. The van der Waals surface area contributed by atoms with Crippen LogP contribution in [0.2, 0.25) is 0 Å². The first-order valence-electron chi connectivity index (χ1n) is 6.94. The molecule has 6 nitrogen and oxygen atoms in total. The van der Waals surface area contributed by atoms with Crippen LogP contribution in [0.4, 0.5) is 0 Å². The van der Waals surface area contributed by atoms with E-state index in [9.17, 15) is 13.0 Å². The molecule has 1 aromatic heterocycles. The Bertz CT molecular complexity index is 443. The molecule has 1 rings (SSSR count). The number of H-pyrrole nitrogens is 1. The quantitative estimate of drug-likeness (QED) is 0.343. The highest BCUT2D eigenvalue weighted by molar-refractivity contribution is 7.80. The summed E-state index contributed by atoms with van der Waals surface area (Å²) in [5.41, 5.74) is 0. The van der Waals surface area contributed by atoms with Gasteiger partial charge in [-0.3, -0.25) is 4.18 Å². The summed E-state index contributed by atoms with van der Waals surface area (Å²) in [5, 5.41) is 0. The first-order valence-corrected chi connectivity index (χ1v) is 8.27. The fourth-order valence-corrected chi connectivity index (χ4v) is 1.76. The van der Waals surface area contributed by atoms with Crippen molar-refractivity contribution in [3.8, 4) is 0 Å². The standard InChI is InChI=1S/C12H22N2.CH4O4S/c1-3-4-5-6-7-8-9-12-13-10-11-14(12)2;1-5-6(2,3)4/h10-11H,3-9H2,1-2H3;1H3,(H,2,3,4). The van der Waals surface area contributed by atoms with Crippen LogP contribution in [-0.2, 0) is 28.1 Å². The van der Waals surface area contributed by atoms with E-state index in [1.54, 1.807) is 0 Å². The predicted molar refractivity (Wildman–Crippen MR) is 75.8 cm³/mol. The molecule has 0 unspecified atom stereocenters. The van der Waals surface area contributed by atoms with Crippen molar-refractivity contribution in [2.75, 3.05) is 7.11 Å². The van der Waals surface area contributed by atoms with Crippen molar-refractivity contribution >= 4 is 10.4 Å². The van der Waals surface area contributed by atoms with Crippen molar-refractivity contribution in [1.82, 2.24) is 4.98 Å². The van der Waals surface area contributed by atoms with Gasteiger partial charge in [-0.25, -0.2) is 18.0 Å². The Morgan fingerprint density at radius 3 is 2.25 bits per heavy atom. The van der Waals surface area contributed by atoms with Crippen molar-refractivity contribution < 1.29 is 21.7 Å². The number of aryl methyl sites for hydroxylation is 2. The van der Waals surface area contributed by atoms with E-state index in [0.29, 0.717) is 0 Å². The van der Waals surface area contributed by atoms with Gasteiger partial charge in [0.1, 0.15) is 12.4 Å². The minimum atomic E-state index is -4.41. The van der Waals surface area contributed by atoms with E-state index in [2.05, 4.69) is 33.9 Å². The fourth-order valence-electron chi connectivity index (χ4n) is 1.76. The number of unbranched alkanes of at least 4 members (excludes halogenated alkanes) is 5. The van der Waals surface area contributed by atoms with E-state index in [4.69, 9.17) is 0 Å². The molecule has 0 bridgehead atoms. The monoisotopic (exact) mass is 306 g/mol. The highest BCUT2D eigenvalue weighted by atomic mass is 32.3. The lowest BCUT2D eigenvalue weighted by atomic mass is 10.1. The minimum Gasteiger partial charge on any atom is -0.726 e. The molecule has 0 radical (unpaired) electrons. The van der Waals surface area contributed by atoms with Crippen LogP contribution in [0.5, 0.6) is 0 Å². The molecular weight excluding hydrogens is 280 g/mol. The maximum Gasteiger partial charge on any atom is 0.253 e. The summed E-state index contributed by atoms with van der Waals surface area (Å²) in [6.45, 7) is 2.26. The third-order valence-corrected chi connectivity index (χ3v) is 3.35. The number of aromatic nitrogens is 2. The molecule has 0 saturated carbocycles. The van der Waals surface area contributed by atoms with Crippen LogP contribution in [0.3, 0.4) is 0 Å². The molecule has 0 aliphatic carbocycles. The van der Waals surface area contributed by atoms with Gasteiger partial charge in [0.25, 0.3) is 5.82 Å². The molecule has 0 fully saturated rings. The number of hydrogen-bond donors (Lipinski definition) is 1. The van der Waals surface area contributed by atoms with Gasteiger partial charge in [0.2, 0.25) is 10.4 Å². The van der Waals surface area contributed by atoms with Crippen LogP contribution in [-0.4, -0.2) is 25.1 Å². The molecule has 0 atom stereocenters. The van der Waals surface area contributed by atoms with Gasteiger partial charge in [0.05, 0.1) is 14.2 Å². The van der Waals surface area contributed by atoms with E-state index in [1.165, 1.54) is 50.8 Å². The first-order chi connectivity index (χ1) is 9.40. The molecule has 1 aromatic rings. The Kier molecular flexibility index (Phi) is 10.3. The average molecular weight is 306 g/mol. The second-order valence-electron chi connectivity index (χ2n) is 4.61. The minimum absolute atomic E-state index is 0.808. The molecular formula is C13H26N2O4S. The van der Waals surface area contributed by atoms with Crippen LogP contribution >= 0.6 is 0 Å². The zero-order valence-corrected chi connectivity index (χ0v) is 13.4. The second kappa shape index (κ2) is 10.8. The largest absolute Gasteiger partial charge is 0.726 e. The molecule has 1 heterocycles. The third kappa shape index (κ3) is 11.0. The SMILES string of the molecule is CCCCCCCCc1[nH]cc[n+]1C.COS(=O)(=O)[O-]. The van der Waals surface area contributed by atoms with Gasteiger partial charge in [0, 0.05) is 6.42 Å². The molecule has 20 heavy (non-hydrogen) atoms. The Morgan fingerprint density at radius 2 is 1.80 bits per heavy atom. The summed E-state index contributed by atoms with van der Waals surface area (Å²) >= 11 is 0. The van der Waals surface area contributed by atoms with Crippen LogP contribution in [0.25, 0.3) is 0 Å². The van der Waals surface area contributed by atoms with Gasteiger partial charge in [-0.05, 0) is 6.42 Å². The summed E-state index contributed by atoms with van der Waals surface area (Å²) in [4.78, 5) is 3.27. The zero-order chi connectivity index (χ0) is 15.4. The Hall–Kier alpha value is -0.920. The number of imidazole rings is 1. The maximum atomic E-state index is 9.22. The Labute approximate surface area is 122 Å². The number of rotatable bonds is 8. The van der Waals surface area contributed by atoms with E-state index < -0.39 is 10.4 Å². The predicted octanol–water partition coefficient (Wildman–Crippen LogP) is 1.84. The molecule has 0 spiro atoms. The van der Waals surface area contributed by atoms with Crippen LogP contribution < -0.4 is 4.57 Å². The normalized spacial score (nSPS) is 11.0. The van der Waals surface area contributed by atoms with Crippen LogP contribution in [0.15, 0.2) is 12.4 Å². The lowest BCUT2D eigenvalue weighted by Gasteiger charge is -1.98. The smallest absolute Gasteiger partial charge is 0.253 e. The van der Waals surface area contributed by atoms with E-state index in [0.717, 1.165) is 7.11 Å². The molecule has 0 aliphatic rings. The van der Waals surface area contributed by atoms with Crippen molar-refractivity contribution in [1.29, 1.82) is 0 Å². The second-order valence-corrected chi connectivity index (χ2v) is 5.76. The van der Waals surface area contributed by atoms with Crippen molar-refractivity contribution in [2.45, 2.75) is 51.9 Å². The van der Waals surface area contributed by atoms with Gasteiger partial charge in [0.15, 0.2) is 0 Å². The average Bonchev–Trinajstić information content (AvgIpc) is 2.79. The molecule has 0 saturated heterocycles. The highest BCUT2D eigenvalue weighted by Crippen LogP contribution is 2.06. The van der Waals surface area contributed by atoms with Crippen molar-refractivity contribution in [3.63, 3.8) is 0 Å². The highest BCUT2D eigenvalue weighted by Gasteiger charge is 2.04. The van der Waals surface area contributed by atoms with Crippen LogP contribution in [0, 0.1) is 0 Å². The molecule has 1 N–H and O–H groups in total. The lowest BCUT2D eigenvalue weighted by Crippen LogP contribution is -2.30. The molecule has 7 heteroatoms. The Balaban J connectivity index is 0.000000511. The molecule has 0 aliphatic heterocycles. The van der Waals surface area contributed by atoms with Gasteiger partial charge < -0.3 is 4.55 Å². The fraction of sp³-hybridized carbons (Fsp3) is 0.769. The molecule has 118 valence electrons. The Morgan fingerprint density at radius 1 is 1.25 bits per heavy atom. The molecule has 0 amide bonds. The van der Waals surface area contributed by atoms with Crippen molar-refractivity contribution in [2.24, 2.45) is 7.05 Å². The third-order valence-electron chi connectivity index (χ3n) is 2.95. The number of nitrogens with zero attached hydrogens (tertiary/aromatic N) is 1. The number of nitrogens with one attached hydrogen (secondary N) is 1. The summed E-state index contributed by atoms with van der Waals surface area (Å²) in [6.07, 6.45) is 13.5. The van der Waals surface area contributed by atoms with Gasteiger partial charge in [-0.15, -0.1) is 0 Å². The van der Waals surface area contributed by atoms with Gasteiger partial charge in [-0.2, -0.15) is 0 Å². The van der Waals surface area contributed by atoms with Crippen LogP contribution in [0.1, 0.15) is 51.3 Å². The zero-order valence-electron chi connectivity index (χ0n) is 12.6. The van der Waals surface area contributed by atoms with E-state index in [-0.39, 0.29) is 0 Å². The number of aromatic amines is 1. The summed E-state index contributed by atoms with van der Waals surface area (Å²) in [6, 6.07) is 0. The molecule has 0 aromatic carbocycles. The topological polar surface area (TPSA) is 86.1 Å². The summed E-state index contributed by atoms with van der Waals surface area (Å²) in [7, 11) is -1.50. The summed E-state index contributed by atoms with van der Waals surface area (Å²) < 4.78 is 33.2. The van der Waals surface area contributed by atoms with E-state index >= 15 is 0 Å². The van der Waals surface area contributed by atoms with Crippen molar-refractivity contribution in [3.05, 3.63) is 18.2 Å². The van der Waals surface area contributed by atoms with E-state index in [1.807, 2.05) is 6.20 Å². The first kappa shape index (κ1) is 19.1. The summed E-state index contributed by atoms with van der Waals surface area (Å²) in [5.74, 6) is 1.35.